The number of aryl methyl sites for hydroxylation is 1. The third kappa shape index (κ3) is 3.28. The number of anilines is 1. The standard InChI is InChI=1S/C12H13BrN2OS/c1-8-14-12(7-17-8)11(6-16)15-10-4-2-9(13)3-5-10/h2-5,7,11,15-16H,6H2,1H3. The molecule has 0 amide bonds. The van der Waals surface area contributed by atoms with E-state index in [1.54, 1.807) is 11.3 Å². The number of thiazole rings is 1. The number of hydrogen-bond donors (Lipinski definition) is 2. The quantitative estimate of drug-likeness (QED) is 0.910. The van der Waals surface area contributed by atoms with Crippen molar-refractivity contribution in [2.75, 3.05) is 11.9 Å². The van der Waals surface area contributed by atoms with Gasteiger partial charge in [0.05, 0.1) is 23.4 Å². The van der Waals surface area contributed by atoms with Crippen molar-refractivity contribution >= 4 is 33.0 Å². The number of nitrogens with zero attached hydrogens (tertiary/aromatic N) is 1. The van der Waals surface area contributed by atoms with Gasteiger partial charge in [-0.05, 0) is 31.2 Å². The van der Waals surface area contributed by atoms with Crippen LogP contribution >= 0.6 is 27.3 Å². The first-order valence-corrected chi connectivity index (χ1v) is 6.91. The number of hydrogen-bond acceptors (Lipinski definition) is 4. The molecule has 2 rings (SSSR count). The average molecular weight is 313 g/mol. The maximum atomic E-state index is 9.40. The maximum absolute atomic E-state index is 9.40. The Hall–Kier alpha value is -0.910. The summed E-state index contributed by atoms with van der Waals surface area (Å²) in [5, 5.41) is 15.6. The summed E-state index contributed by atoms with van der Waals surface area (Å²) in [5.74, 6) is 0. The monoisotopic (exact) mass is 312 g/mol. The molecule has 1 unspecified atom stereocenters. The lowest BCUT2D eigenvalue weighted by atomic mass is 10.2. The molecule has 0 aliphatic carbocycles. The molecule has 1 atom stereocenters. The minimum absolute atomic E-state index is 0.0270. The predicted octanol–water partition coefficient (Wildman–Crippen LogP) is 3.36. The molecule has 3 nitrogen and oxygen atoms in total. The third-order valence-corrected chi connectivity index (χ3v) is 3.68. The summed E-state index contributed by atoms with van der Waals surface area (Å²) in [5.41, 5.74) is 1.86. The first-order valence-electron chi connectivity index (χ1n) is 5.24. The van der Waals surface area contributed by atoms with Crippen molar-refractivity contribution in [1.82, 2.24) is 4.98 Å². The fourth-order valence-corrected chi connectivity index (χ4v) is 2.43. The highest BCUT2D eigenvalue weighted by Gasteiger charge is 2.13. The second-order valence-electron chi connectivity index (χ2n) is 3.68. The third-order valence-electron chi connectivity index (χ3n) is 2.36. The molecule has 90 valence electrons. The molecule has 2 N–H and O–H groups in total. The fraction of sp³-hybridized carbons (Fsp3) is 0.250. The predicted molar refractivity (Wildman–Crippen MR) is 74.4 cm³/mol. The van der Waals surface area contributed by atoms with Gasteiger partial charge in [0.25, 0.3) is 0 Å². The van der Waals surface area contributed by atoms with E-state index < -0.39 is 0 Å². The lowest BCUT2D eigenvalue weighted by Gasteiger charge is -2.15. The van der Waals surface area contributed by atoms with Crippen molar-refractivity contribution in [2.45, 2.75) is 13.0 Å². The van der Waals surface area contributed by atoms with Gasteiger partial charge in [-0.3, -0.25) is 0 Å². The first-order chi connectivity index (χ1) is 8.19. The van der Waals surface area contributed by atoms with Crippen LogP contribution in [0.4, 0.5) is 5.69 Å². The van der Waals surface area contributed by atoms with Crippen LogP contribution in [0.1, 0.15) is 16.7 Å². The van der Waals surface area contributed by atoms with Gasteiger partial charge >= 0.3 is 0 Å². The molecule has 0 fully saturated rings. The second-order valence-corrected chi connectivity index (χ2v) is 5.66. The van der Waals surface area contributed by atoms with E-state index in [-0.39, 0.29) is 12.6 Å². The number of halogens is 1. The molecule has 1 heterocycles. The Morgan fingerprint density at radius 3 is 2.65 bits per heavy atom. The van der Waals surface area contributed by atoms with Crippen LogP contribution in [0.2, 0.25) is 0 Å². The molecular weight excluding hydrogens is 300 g/mol. The number of benzene rings is 1. The Bertz CT molecular complexity index is 484. The van der Waals surface area contributed by atoms with Crippen molar-refractivity contribution in [3.63, 3.8) is 0 Å². The molecular formula is C12H13BrN2OS. The Balaban J connectivity index is 2.12. The highest BCUT2D eigenvalue weighted by atomic mass is 79.9. The highest BCUT2D eigenvalue weighted by Crippen LogP contribution is 2.22. The average Bonchev–Trinajstić information content (AvgIpc) is 2.75. The number of aromatic nitrogens is 1. The van der Waals surface area contributed by atoms with E-state index in [0.29, 0.717) is 0 Å². The van der Waals surface area contributed by atoms with Gasteiger partial charge in [0.2, 0.25) is 0 Å². The minimum atomic E-state index is -0.152. The summed E-state index contributed by atoms with van der Waals surface area (Å²) in [7, 11) is 0. The summed E-state index contributed by atoms with van der Waals surface area (Å²) in [4.78, 5) is 4.38. The molecule has 0 aliphatic heterocycles. The van der Waals surface area contributed by atoms with Crippen molar-refractivity contribution in [3.05, 3.63) is 44.8 Å². The van der Waals surface area contributed by atoms with Crippen LogP contribution in [-0.4, -0.2) is 16.7 Å². The van der Waals surface area contributed by atoms with Crippen LogP contribution in [0.5, 0.6) is 0 Å². The van der Waals surface area contributed by atoms with Gasteiger partial charge in [-0.2, -0.15) is 0 Å². The molecule has 0 radical (unpaired) electrons. The van der Waals surface area contributed by atoms with E-state index in [1.165, 1.54) is 0 Å². The van der Waals surface area contributed by atoms with Crippen LogP contribution in [0, 0.1) is 6.92 Å². The molecule has 0 bridgehead atoms. The molecule has 2 aromatic rings. The lowest BCUT2D eigenvalue weighted by molar-refractivity contribution is 0.274. The first kappa shape index (κ1) is 12.5. The Labute approximate surface area is 113 Å². The zero-order valence-electron chi connectivity index (χ0n) is 9.35. The molecule has 0 saturated heterocycles. The van der Waals surface area contributed by atoms with E-state index in [4.69, 9.17) is 0 Å². The molecule has 1 aromatic heterocycles. The van der Waals surface area contributed by atoms with E-state index in [1.807, 2.05) is 36.6 Å². The van der Waals surface area contributed by atoms with E-state index in [9.17, 15) is 5.11 Å². The minimum Gasteiger partial charge on any atom is -0.394 e. The van der Waals surface area contributed by atoms with Gasteiger partial charge in [-0.25, -0.2) is 4.98 Å². The number of nitrogens with one attached hydrogen (secondary N) is 1. The summed E-state index contributed by atoms with van der Waals surface area (Å²) in [6, 6.07) is 7.70. The van der Waals surface area contributed by atoms with Gasteiger partial charge in [0.1, 0.15) is 0 Å². The molecule has 0 saturated carbocycles. The van der Waals surface area contributed by atoms with Crippen LogP contribution in [0.25, 0.3) is 0 Å². The maximum Gasteiger partial charge on any atom is 0.0926 e. The summed E-state index contributed by atoms with van der Waals surface area (Å²) < 4.78 is 1.04. The smallest absolute Gasteiger partial charge is 0.0926 e. The summed E-state index contributed by atoms with van der Waals surface area (Å²) >= 11 is 4.98. The molecule has 17 heavy (non-hydrogen) atoms. The highest BCUT2D eigenvalue weighted by molar-refractivity contribution is 9.10. The fourth-order valence-electron chi connectivity index (χ4n) is 1.50. The van der Waals surface area contributed by atoms with Gasteiger partial charge in [0, 0.05) is 15.5 Å². The molecule has 0 spiro atoms. The van der Waals surface area contributed by atoms with E-state index in [0.717, 1.165) is 20.9 Å². The van der Waals surface area contributed by atoms with Crippen LogP contribution in [0.15, 0.2) is 34.1 Å². The molecule has 5 heteroatoms. The van der Waals surface area contributed by atoms with Crippen LogP contribution in [0.3, 0.4) is 0 Å². The summed E-state index contributed by atoms with van der Waals surface area (Å²) in [6.07, 6.45) is 0. The van der Waals surface area contributed by atoms with Crippen molar-refractivity contribution < 1.29 is 5.11 Å². The van der Waals surface area contributed by atoms with Gasteiger partial charge in [0.15, 0.2) is 0 Å². The summed E-state index contributed by atoms with van der Waals surface area (Å²) in [6.45, 7) is 1.99. The van der Waals surface area contributed by atoms with E-state index in [2.05, 4.69) is 26.2 Å². The lowest BCUT2D eigenvalue weighted by Crippen LogP contribution is -2.15. The van der Waals surface area contributed by atoms with Gasteiger partial charge < -0.3 is 10.4 Å². The number of aliphatic hydroxyl groups is 1. The SMILES string of the molecule is Cc1nc(C(CO)Nc2ccc(Br)cc2)cs1. The normalized spacial score (nSPS) is 12.4. The largest absolute Gasteiger partial charge is 0.394 e. The van der Waals surface area contributed by atoms with Crippen molar-refractivity contribution in [2.24, 2.45) is 0 Å². The van der Waals surface area contributed by atoms with Crippen molar-refractivity contribution in [1.29, 1.82) is 0 Å². The van der Waals surface area contributed by atoms with Crippen molar-refractivity contribution in [3.8, 4) is 0 Å². The number of aliphatic hydroxyl groups excluding tert-OH is 1. The second kappa shape index (κ2) is 5.62. The van der Waals surface area contributed by atoms with Gasteiger partial charge in [-0.15, -0.1) is 11.3 Å². The zero-order chi connectivity index (χ0) is 12.3. The molecule has 1 aromatic carbocycles. The zero-order valence-corrected chi connectivity index (χ0v) is 11.8. The molecule has 0 aliphatic rings. The van der Waals surface area contributed by atoms with Crippen LogP contribution < -0.4 is 5.32 Å². The Morgan fingerprint density at radius 1 is 1.41 bits per heavy atom. The number of rotatable bonds is 4. The van der Waals surface area contributed by atoms with Crippen LogP contribution in [-0.2, 0) is 0 Å². The van der Waals surface area contributed by atoms with E-state index >= 15 is 0 Å². The Kier molecular flexibility index (Phi) is 4.15. The topological polar surface area (TPSA) is 45.2 Å². The Morgan fingerprint density at radius 2 is 2.12 bits per heavy atom. The van der Waals surface area contributed by atoms with Gasteiger partial charge in [-0.1, -0.05) is 15.9 Å².